The minimum absolute atomic E-state index is 0.226. The van der Waals surface area contributed by atoms with Crippen LogP contribution in [0, 0.1) is 0 Å². The largest absolute Gasteiger partial charge is 0.334 e. The summed E-state index contributed by atoms with van der Waals surface area (Å²) >= 11 is 1.59. The molecule has 0 aliphatic rings. The number of amides is 2. The Morgan fingerprint density at radius 2 is 1.83 bits per heavy atom. The zero-order valence-electron chi connectivity index (χ0n) is 14.0. The number of anilines is 1. The first-order valence-electron chi connectivity index (χ1n) is 7.72. The Hall–Kier alpha value is -2.09. The van der Waals surface area contributed by atoms with Crippen LogP contribution in [-0.2, 0) is 6.54 Å². The number of pyridine rings is 1. The summed E-state index contributed by atoms with van der Waals surface area (Å²) in [5, 5.41) is 5.63. The Kier molecular flexibility index (Phi) is 7.54. The second-order valence-corrected chi connectivity index (χ2v) is 6.45. The van der Waals surface area contributed by atoms with Gasteiger partial charge >= 0.3 is 6.03 Å². The van der Waals surface area contributed by atoms with Gasteiger partial charge in [0.25, 0.3) is 0 Å². The summed E-state index contributed by atoms with van der Waals surface area (Å²) in [6, 6.07) is 11.3. The van der Waals surface area contributed by atoms with Crippen LogP contribution in [0.4, 0.5) is 10.5 Å². The van der Waals surface area contributed by atoms with Crippen molar-refractivity contribution in [3.05, 3.63) is 54.4 Å². The van der Waals surface area contributed by atoms with E-state index in [9.17, 15) is 4.79 Å². The maximum Gasteiger partial charge on any atom is 0.319 e. The molecule has 0 radical (unpaired) electrons. The molecule has 0 saturated heterocycles. The van der Waals surface area contributed by atoms with E-state index in [1.54, 1.807) is 24.3 Å². The van der Waals surface area contributed by atoms with Crippen LogP contribution in [0.3, 0.4) is 0 Å². The van der Waals surface area contributed by atoms with Gasteiger partial charge in [-0.25, -0.2) is 4.79 Å². The Bertz CT molecular complexity index is 619. The van der Waals surface area contributed by atoms with E-state index in [0.717, 1.165) is 29.2 Å². The highest BCUT2D eigenvalue weighted by molar-refractivity contribution is 7.97. The van der Waals surface area contributed by atoms with Crippen molar-refractivity contribution in [2.45, 2.75) is 11.4 Å². The van der Waals surface area contributed by atoms with Crippen molar-refractivity contribution in [2.75, 3.05) is 32.5 Å². The molecule has 1 aromatic carbocycles. The zero-order valence-corrected chi connectivity index (χ0v) is 14.8. The molecule has 2 aromatic rings. The van der Waals surface area contributed by atoms with Gasteiger partial charge in [-0.15, -0.1) is 0 Å². The van der Waals surface area contributed by atoms with Gasteiger partial charge in [0.15, 0.2) is 0 Å². The molecule has 0 aliphatic carbocycles. The lowest BCUT2D eigenvalue weighted by molar-refractivity contribution is 0.251. The van der Waals surface area contributed by atoms with Crippen LogP contribution in [-0.4, -0.2) is 43.1 Å². The third-order valence-electron chi connectivity index (χ3n) is 3.17. The summed E-state index contributed by atoms with van der Waals surface area (Å²) < 4.78 is 3.30. The number of benzene rings is 1. The standard InChI is InChI=1S/C17H23N5OS/c1-22(2)12-11-20-24-16-5-3-15(4-6-16)21-17(23)19-13-14-7-9-18-10-8-14/h3-10,20H,11-13H2,1-2H3,(H2,19,21,23). The number of aromatic nitrogens is 1. The van der Waals surface area contributed by atoms with E-state index in [1.807, 2.05) is 50.5 Å². The quantitative estimate of drug-likeness (QED) is 0.507. The lowest BCUT2D eigenvalue weighted by atomic mass is 10.3. The number of hydrogen-bond donors (Lipinski definition) is 3. The van der Waals surface area contributed by atoms with Gasteiger partial charge in [-0.05, 0) is 68.0 Å². The molecule has 0 unspecified atom stereocenters. The summed E-state index contributed by atoms with van der Waals surface area (Å²) in [6.07, 6.45) is 3.41. The number of nitrogens with one attached hydrogen (secondary N) is 3. The fraction of sp³-hybridized carbons (Fsp3) is 0.294. The minimum atomic E-state index is -0.226. The first-order chi connectivity index (χ1) is 11.6. The molecule has 1 heterocycles. The molecule has 0 fully saturated rings. The zero-order chi connectivity index (χ0) is 17.2. The van der Waals surface area contributed by atoms with E-state index in [2.05, 4.69) is 25.2 Å². The minimum Gasteiger partial charge on any atom is -0.334 e. The molecule has 0 atom stereocenters. The summed E-state index contributed by atoms with van der Waals surface area (Å²) in [5.74, 6) is 0. The van der Waals surface area contributed by atoms with Gasteiger partial charge in [-0.2, -0.15) is 0 Å². The fourth-order valence-corrected chi connectivity index (χ4v) is 2.50. The fourth-order valence-electron chi connectivity index (χ4n) is 1.87. The maximum absolute atomic E-state index is 11.9. The van der Waals surface area contributed by atoms with Gasteiger partial charge in [-0.3, -0.25) is 9.71 Å². The van der Waals surface area contributed by atoms with Gasteiger partial charge in [0.1, 0.15) is 0 Å². The predicted molar refractivity (Wildman–Crippen MR) is 99.0 cm³/mol. The van der Waals surface area contributed by atoms with Crippen LogP contribution in [0.5, 0.6) is 0 Å². The number of rotatable bonds is 8. The molecule has 3 N–H and O–H groups in total. The highest BCUT2D eigenvalue weighted by Crippen LogP contribution is 2.17. The number of carbonyl (C=O) groups excluding carboxylic acids is 1. The molecule has 1 aromatic heterocycles. The Morgan fingerprint density at radius 1 is 1.12 bits per heavy atom. The Morgan fingerprint density at radius 3 is 2.50 bits per heavy atom. The molecule has 0 aliphatic heterocycles. The topological polar surface area (TPSA) is 69.3 Å². The van der Waals surface area contributed by atoms with E-state index < -0.39 is 0 Å². The average molecular weight is 345 g/mol. The lowest BCUT2D eigenvalue weighted by Crippen LogP contribution is -2.28. The Balaban J connectivity index is 1.71. The molecular formula is C17H23N5OS. The van der Waals surface area contributed by atoms with Crippen molar-refractivity contribution in [2.24, 2.45) is 0 Å². The maximum atomic E-state index is 11.9. The van der Waals surface area contributed by atoms with Crippen LogP contribution >= 0.6 is 11.9 Å². The van der Waals surface area contributed by atoms with Crippen molar-refractivity contribution >= 4 is 23.7 Å². The normalized spacial score (nSPS) is 10.6. The first kappa shape index (κ1) is 18.3. The van der Waals surface area contributed by atoms with Crippen molar-refractivity contribution in [3.63, 3.8) is 0 Å². The molecule has 2 amide bonds. The predicted octanol–water partition coefficient (Wildman–Crippen LogP) is 2.56. The highest BCUT2D eigenvalue weighted by atomic mass is 32.2. The third kappa shape index (κ3) is 6.99. The number of hydrogen-bond acceptors (Lipinski definition) is 5. The summed E-state index contributed by atoms with van der Waals surface area (Å²) in [4.78, 5) is 19.1. The average Bonchev–Trinajstić information content (AvgIpc) is 2.59. The molecule has 0 spiro atoms. The highest BCUT2D eigenvalue weighted by Gasteiger charge is 2.02. The Labute approximate surface area is 147 Å². The summed E-state index contributed by atoms with van der Waals surface area (Å²) in [6.45, 7) is 2.37. The number of urea groups is 1. The molecule has 24 heavy (non-hydrogen) atoms. The van der Waals surface area contributed by atoms with Crippen LogP contribution in [0.2, 0.25) is 0 Å². The van der Waals surface area contributed by atoms with Crippen molar-refractivity contribution in [1.29, 1.82) is 0 Å². The van der Waals surface area contributed by atoms with Gasteiger partial charge in [0.05, 0.1) is 0 Å². The van der Waals surface area contributed by atoms with Crippen LogP contribution in [0.15, 0.2) is 53.7 Å². The molecular weight excluding hydrogens is 322 g/mol. The van der Waals surface area contributed by atoms with E-state index in [4.69, 9.17) is 0 Å². The molecule has 6 nitrogen and oxygen atoms in total. The molecule has 128 valence electrons. The summed E-state index contributed by atoms with van der Waals surface area (Å²) in [5.41, 5.74) is 1.77. The smallest absolute Gasteiger partial charge is 0.319 e. The van der Waals surface area contributed by atoms with Crippen LogP contribution < -0.4 is 15.4 Å². The first-order valence-corrected chi connectivity index (χ1v) is 8.53. The summed E-state index contributed by atoms with van der Waals surface area (Å²) in [7, 11) is 4.10. The monoisotopic (exact) mass is 345 g/mol. The number of carbonyl (C=O) groups is 1. The van der Waals surface area contributed by atoms with Crippen LogP contribution in [0.25, 0.3) is 0 Å². The lowest BCUT2D eigenvalue weighted by Gasteiger charge is -2.10. The van der Waals surface area contributed by atoms with Gasteiger partial charge in [-0.1, -0.05) is 0 Å². The van der Waals surface area contributed by atoms with Crippen molar-refractivity contribution < 1.29 is 4.79 Å². The third-order valence-corrected chi connectivity index (χ3v) is 4.02. The van der Waals surface area contributed by atoms with Crippen molar-refractivity contribution in [3.8, 4) is 0 Å². The van der Waals surface area contributed by atoms with E-state index in [1.165, 1.54) is 0 Å². The van der Waals surface area contributed by atoms with Crippen molar-refractivity contribution in [1.82, 2.24) is 19.9 Å². The van der Waals surface area contributed by atoms with E-state index in [0.29, 0.717) is 6.54 Å². The van der Waals surface area contributed by atoms with Gasteiger partial charge in [0, 0.05) is 42.6 Å². The van der Waals surface area contributed by atoms with E-state index in [-0.39, 0.29) is 6.03 Å². The second-order valence-electron chi connectivity index (χ2n) is 5.49. The molecule has 2 rings (SSSR count). The number of nitrogens with zero attached hydrogens (tertiary/aromatic N) is 2. The van der Waals surface area contributed by atoms with Crippen LogP contribution in [0.1, 0.15) is 5.56 Å². The SMILES string of the molecule is CN(C)CCNSc1ccc(NC(=O)NCc2ccncc2)cc1. The van der Waals surface area contributed by atoms with Gasteiger partial charge in [0.2, 0.25) is 0 Å². The molecule has 7 heteroatoms. The second kappa shape index (κ2) is 9.92. The van der Waals surface area contributed by atoms with E-state index >= 15 is 0 Å². The number of likely N-dealkylation sites (N-methyl/N-ethyl adjacent to an activating group) is 1. The molecule has 0 bridgehead atoms. The van der Waals surface area contributed by atoms with Gasteiger partial charge < -0.3 is 15.5 Å². The molecule has 0 saturated carbocycles.